The summed E-state index contributed by atoms with van der Waals surface area (Å²) in [6.07, 6.45) is 3.72. The average Bonchev–Trinajstić information content (AvgIpc) is 2.78. The minimum absolute atomic E-state index is 0.140. The largest absolute Gasteiger partial charge is 0.310 e. The van der Waals surface area contributed by atoms with E-state index in [1.54, 1.807) is 0 Å². The van der Waals surface area contributed by atoms with E-state index in [0.717, 1.165) is 20.0 Å². The van der Waals surface area contributed by atoms with Crippen molar-refractivity contribution in [2.45, 2.75) is 19.4 Å². The quantitative estimate of drug-likeness (QED) is 0.831. The molecule has 5 heteroatoms. The normalized spacial score (nSPS) is 11.8. The fourth-order valence-electron chi connectivity index (χ4n) is 1.75. The molecule has 0 unspecified atom stereocenters. The standard InChI is InChI=1S/C13H15ClIN3/c1-13(2,16-3)12-7-17-8-18(12)11-5-4-9(14)6-10(11)15/h4-8,16H,1-3H3. The number of rotatable bonds is 3. The Hall–Kier alpha value is -0.590. The van der Waals surface area contributed by atoms with Crippen LogP contribution in [-0.2, 0) is 5.54 Å². The van der Waals surface area contributed by atoms with Crippen molar-refractivity contribution in [2.75, 3.05) is 7.05 Å². The summed E-state index contributed by atoms with van der Waals surface area (Å²) in [4.78, 5) is 4.26. The highest BCUT2D eigenvalue weighted by Gasteiger charge is 2.23. The summed E-state index contributed by atoms with van der Waals surface area (Å²) in [5, 5.41) is 4.04. The van der Waals surface area contributed by atoms with Gasteiger partial charge in [0.15, 0.2) is 0 Å². The predicted octanol–water partition coefficient (Wildman–Crippen LogP) is 3.58. The van der Waals surface area contributed by atoms with Crippen molar-refractivity contribution in [3.8, 4) is 5.69 Å². The topological polar surface area (TPSA) is 29.9 Å². The average molecular weight is 376 g/mol. The van der Waals surface area contributed by atoms with Crippen molar-refractivity contribution in [3.05, 3.63) is 45.0 Å². The first-order chi connectivity index (χ1) is 8.45. The fourth-order valence-corrected chi connectivity index (χ4v) is 2.89. The lowest BCUT2D eigenvalue weighted by Crippen LogP contribution is -2.35. The van der Waals surface area contributed by atoms with E-state index in [0.29, 0.717) is 0 Å². The molecule has 0 spiro atoms. The van der Waals surface area contributed by atoms with Gasteiger partial charge in [-0.05, 0) is 61.7 Å². The van der Waals surface area contributed by atoms with E-state index in [1.165, 1.54) is 0 Å². The van der Waals surface area contributed by atoms with Crippen LogP contribution in [0.4, 0.5) is 0 Å². The molecule has 0 aliphatic rings. The number of benzene rings is 1. The highest BCUT2D eigenvalue weighted by atomic mass is 127. The van der Waals surface area contributed by atoms with Crippen LogP contribution in [0.15, 0.2) is 30.7 Å². The molecule has 1 N–H and O–H groups in total. The van der Waals surface area contributed by atoms with E-state index < -0.39 is 0 Å². The summed E-state index contributed by atoms with van der Waals surface area (Å²) >= 11 is 8.28. The van der Waals surface area contributed by atoms with Crippen molar-refractivity contribution in [2.24, 2.45) is 0 Å². The van der Waals surface area contributed by atoms with E-state index in [-0.39, 0.29) is 5.54 Å². The fraction of sp³-hybridized carbons (Fsp3) is 0.308. The Labute approximate surface area is 126 Å². The van der Waals surface area contributed by atoms with E-state index in [2.05, 4.69) is 51.3 Å². The predicted molar refractivity (Wildman–Crippen MR) is 83.4 cm³/mol. The van der Waals surface area contributed by atoms with Gasteiger partial charge in [-0.15, -0.1) is 0 Å². The van der Waals surface area contributed by atoms with E-state index in [1.807, 2.05) is 37.8 Å². The van der Waals surface area contributed by atoms with Crippen LogP contribution < -0.4 is 5.32 Å². The smallest absolute Gasteiger partial charge is 0.0995 e. The molecule has 1 aromatic heterocycles. The second-order valence-corrected chi connectivity index (χ2v) is 6.22. The van der Waals surface area contributed by atoms with Gasteiger partial charge in [-0.1, -0.05) is 11.6 Å². The zero-order valence-corrected chi connectivity index (χ0v) is 13.5. The molecule has 0 fully saturated rings. The monoisotopic (exact) mass is 375 g/mol. The summed E-state index contributed by atoms with van der Waals surface area (Å²) in [6, 6.07) is 5.86. The molecule has 18 heavy (non-hydrogen) atoms. The molecule has 3 nitrogen and oxygen atoms in total. The van der Waals surface area contributed by atoms with Crippen molar-refractivity contribution in [1.82, 2.24) is 14.9 Å². The van der Waals surface area contributed by atoms with Crippen LogP contribution in [0.25, 0.3) is 5.69 Å². The van der Waals surface area contributed by atoms with Crippen LogP contribution in [0.2, 0.25) is 5.02 Å². The number of nitrogens with zero attached hydrogens (tertiary/aromatic N) is 2. The molecule has 0 aliphatic heterocycles. The molecule has 1 aromatic carbocycles. The molecular weight excluding hydrogens is 361 g/mol. The van der Waals surface area contributed by atoms with Crippen LogP contribution in [0, 0.1) is 3.57 Å². The molecule has 2 rings (SSSR count). The molecular formula is C13H15ClIN3. The van der Waals surface area contributed by atoms with E-state index in [9.17, 15) is 0 Å². The lowest BCUT2D eigenvalue weighted by molar-refractivity contribution is 0.424. The maximum atomic E-state index is 5.99. The number of imidazole rings is 1. The maximum absolute atomic E-state index is 5.99. The minimum Gasteiger partial charge on any atom is -0.310 e. The first-order valence-corrected chi connectivity index (χ1v) is 7.08. The third-order valence-corrected chi connectivity index (χ3v) is 4.17. The van der Waals surface area contributed by atoms with Crippen LogP contribution in [0.1, 0.15) is 19.5 Å². The van der Waals surface area contributed by atoms with Gasteiger partial charge in [0.05, 0.1) is 29.4 Å². The van der Waals surface area contributed by atoms with Gasteiger partial charge in [-0.2, -0.15) is 0 Å². The SMILES string of the molecule is CNC(C)(C)c1cncn1-c1ccc(Cl)cc1I. The molecule has 1 heterocycles. The van der Waals surface area contributed by atoms with Crippen LogP contribution in [-0.4, -0.2) is 16.6 Å². The maximum Gasteiger partial charge on any atom is 0.0995 e. The first-order valence-electron chi connectivity index (χ1n) is 5.63. The van der Waals surface area contributed by atoms with Crippen LogP contribution in [0.5, 0.6) is 0 Å². The molecule has 0 saturated heterocycles. The molecule has 0 bridgehead atoms. The van der Waals surface area contributed by atoms with Gasteiger partial charge >= 0.3 is 0 Å². The number of nitrogens with one attached hydrogen (secondary N) is 1. The van der Waals surface area contributed by atoms with Gasteiger partial charge in [-0.25, -0.2) is 4.98 Å². The highest BCUT2D eigenvalue weighted by Crippen LogP contribution is 2.26. The second kappa shape index (κ2) is 5.19. The van der Waals surface area contributed by atoms with Gasteiger partial charge < -0.3 is 9.88 Å². The summed E-state index contributed by atoms with van der Waals surface area (Å²) in [7, 11) is 1.95. The molecule has 96 valence electrons. The Kier molecular flexibility index (Phi) is 3.99. The highest BCUT2D eigenvalue weighted by molar-refractivity contribution is 14.1. The Bertz CT molecular complexity index is 563. The molecule has 2 aromatic rings. The van der Waals surface area contributed by atoms with Crippen LogP contribution in [0.3, 0.4) is 0 Å². The number of aromatic nitrogens is 2. The van der Waals surface area contributed by atoms with Gasteiger partial charge in [0.25, 0.3) is 0 Å². The van der Waals surface area contributed by atoms with Crippen molar-refractivity contribution >= 4 is 34.2 Å². The first kappa shape index (κ1) is 13.8. The Morgan fingerprint density at radius 3 is 2.72 bits per heavy atom. The third kappa shape index (κ3) is 2.55. The van der Waals surface area contributed by atoms with Crippen molar-refractivity contribution in [3.63, 3.8) is 0 Å². The van der Waals surface area contributed by atoms with Gasteiger partial charge in [0, 0.05) is 8.59 Å². The number of hydrogen-bond acceptors (Lipinski definition) is 2. The van der Waals surface area contributed by atoms with Gasteiger partial charge in [0.2, 0.25) is 0 Å². The Morgan fingerprint density at radius 2 is 2.11 bits per heavy atom. The zero-order valence-electron chi connectivity index (χ0n) is 10.5. The number of halogens is 2. The second-order valence-electron chi connectivity index (χ2n) is 4.62. The summed E-state index contributed by atoms with van der Waals surface area (Å²) in [5.74, 6) is 0. The molecule has 0 amide bonds. The lowest BCUT2D eigenvalue weighted by atomic mass is 10.0. The minimum atomic E-state index is -0.140. The summed E-state index contributed by atoms with van der Waals surface area (Å²) < 4.78 is 3.19. The van der Waals surface area contributed by atoms with Crippen LogP contribution >= 0.6 is 34.2 Å². The Morgan fingerprint density at radius 1 is 1.39 bits per heavy atom. The molecule has 0 saturated carbocycles. The Balaban J connectivity index is 2.56. The van der Waals surface area contributed by atoms with Gasteiger partial charge in [-0.3, -0.25) is 0 Å². The van der Waals surface area contributed by atoms with Crippen molar-refractivity contribution in [1.29, 1.82) is 0 Å². The molecule has 0 aliphatic carbocycles. The number of hydrogen-bond donors (Lipinski definition) is 1. The summed E-state index contributed by atoms with van der Waals surface area (Å²) in [6.45, 7) is 4.26. The van der Waals surface area contributed by atoms with E-state index >= 15 is 0 Å². The zero-order chi connectivity index (χ0) is 13.3. The summed E-state index contributed by atoms with van der Waals surface area (Å²) in [5.41, 5.74) is 2.07. The lowest BCUT2D eigenvalue weighted by Gasteiger charge is -2.25. The third-order valence-electron chi connectivity index (χ3n) is 3.07. The molecule has 0 atom stereocenters. The van der Waals surface area contributed by atoms with Gasteiger partial charge in [0.1, 0.15) is 0 Å². The van der Waals surface area contributed by atoms with E-state index in [4.69, 9.17) is 11.6 Å². The molecule has 0 radical (unpaired) electrons. The van der Waals surface area contributed by atoms with Crippen molar-refractivity contribution < 1.29 is 0 Å².